The van der Waals surface area contributed by atoms with E-state index in [0.29, 0.717) is 11.8 Å². The van der Waals surface area contributed by atoms with E-state index in [4.69, 9.17) is 47.6 Å². The van der Waals surface area contributed by atoms with Gasteiger partial charge < -0.3 is 0 Å². The van der Waals surface area contributed by atoms with Gasteiger partial charge in [-0.1, -0.05) is 46.2 Å². The number of rotatable bonds is 6. The molecule has 2 N–H and O–H groups in total. The number of aromatic amines is 2. The zero-order valence-electron chi connectivity index (χ0n) is 9.93. The second-order valence-electron chi connectivity index (χ2n) is 2.83. The Morgan fingerprint density at radius 1 is 0.900 bits per heavy atom. The molecule has 2 aromatic rings. The van der Waals surface area contributed by atoms with Crippen molar-refractivity contribution < 1.29 is 0 Å². The van der Waals surface area contributed by atoms with E-state index in [1.165, 1.54) is 22.7 Å². The molecule has 20 heavy (non-hydrogen) atoms. The van der Waals surface area contributed by atoms with Crippen LogP contribution in [0.5, 0.6) is 0 Å². The zero-order valence-corrected chi connectivity index (χ0v) is 16.3. The third-order valence-corrected chi connectivity index (χ3v) is 6.74. The number of alkyl halides is 2. The number of thioether (sulfide) groups is 2. The quantitative estimate of drug-likeness (QED) is 0.383. The molecule has 0 aliphatic heterocycles. The summed E-state index contributed by atoms with van der Waals surface area (Å²) in [6.07, 6.45) is 0. The summed E-state index contributed by atoms with van der Waals surface area (Å²) in [5, 5.41) is 13.3. The highest BCUT2D eigenvalue weighted by Gasteiger charge is 1.96. The molecule has 2 aromatic heterocycles. The molecule has 0 atom stereocenters. The Morgan fingerprint density at radius 3 is 1.55 bits per heavy atom. The molecule has 2 rings (SSSR count). The first kappa shape index (κ1) is 18.9. The summed E-state index contributed by atoms with van der Waals surface area (Å²) in [6, 6.07) is 0. The van der Waals surface area contributed by atoms with Crippen molar-refractivity contribution in [2.45, 2.75) is 8.68 Å². The molecule has 0 aliphatic carbocycles. The summed E-state index contributed by atoms with van der Waals surface area (Å²) in [6.45, 7) is 0. The number of H-pyrrole nitrogens is 2. The van der Waals surface area contributed by atoms with E-state index >= 15 is 0 Å². The second kappa shape index (κ2) is 11.4. The van der Waals surface area contributed by atoms with E-state index in [1.807, 2.05) is 0 Å². The van der Waals surface area contributed by atoms with Crippen molar-refractivity contribution in [1.82, 2.24) is 20.4 Å². The van der Waals surface area contributed by atoms with Crippen LogP contribution in [0.2, 0.25) is 0 Å². The number of nitrogens with one attached hydrogen (secondary N) is 2. The molecule has 0 amide bonds. The van der Waals surface area contributed by atoms with Crippen molar-refractivity contribution in [2.24, 2.45) is 0 Å². The predicted molar refractivity (Wildman–Crippen MR) is 97.5 cm³/mol. The summed E-state index contributed by atoms with van der Waals surface area (Å²) in [7, 11) is 0. The van der Waals surface area contributed by atoms with E-state index in [9.17, 15) is 0 Å². The van der Waals surface area contributed by atoms with E-state index in [1.54, 1.807) is 23.5 Å². The van der Waals surface area contributed by atoms with Crippen LogP contribution in [0.3, 0.4) is 0 Å². The molecule has 0 saturated carbocycles. The Balaban J connectivity index is 0.000000200. The molecule has 0 spiro atoms. The molecule has 4 nitrogen and oxygen atoms in total. The monoisotopic (exact) mass is 424 g/mol. The maximum absolute atomic E-state index is 5.48. The molecule has 2 heterocycles. The highest BCUT2D eigenvalue weighted by Crippen LogP contribution is 2.20. The molecule has 0 radical (unpaired) electrons. The second-order valence-corrected chi connectivity index (χ2v) is 9.60. The number of hydrogen-bond acceptors (Lipinski definition) is 8. The van der Waals surface area contributed by atoms with Crippen LogP contribution in [-0.2, 0) is 0 Å². The predicted octanol–water partition coefficient (Wildman–Crippen LogP) is 5.06. The first-order chi connectivity index (χ1) is 9.65. The number of aromatic nitrogens is 4. The van der Waals surface area contributed by atoms with Crippen LogP contribution in [0, 0.1) is 7.91 Å². The van der Waals surface area contributed by atoms with Crippen LogP contribution in [0.1, 0.15) is 0 Å². The minimum Gasteiger partial charge on any atom is -0.257 e. The summed E-state index contributed by atoms with van der Waals surface area (Å²) in [4.78, 5) is 0. The minimum atomic E-state index is 0.650. The van der Waals surface area contributed by atoms with Gasteiger partial charge in [0.15, 0.2) is 16.6 Å². The lowest BCUT2D eigenvalue weighted by molar-refractivity contribution is 1.00. The molecule has 0 aliphatic rings. The Kier molecular flexibility index (Phi) is 10.8. The maximum Gasteiger partial charge on any atom is 0.177 e. The van der Waals surface area contributed by atoms with Gasteiger partial charge >= 0.3 is 0 Å². The molecule has 0 aromatic carbocycles. The van der Waals surface area contributed by atoms with Crippen LogP contribution in [0.4, 0.5) is 0 Å². The normalized spacial score (nSPS) is 10.1. The van der Waals surface area contributed by atoms with Crippen molar-refractivity contribution in [3.63, 3.8) is 0 Å². The zero-order chi connectivity index (χ0) is 14.8. The average Bonchev–Trinajstić information content (AvgIpc) is 3.03. The largest absolute Gasteiger partial charge is 0.257 e. The highest BCUT2D eigenvalue weighted by molar-refractivity contribution is 8.01. The smallest absolute Gasteiger partial charge is 0.177 e. The lowest BCUT2D eigenvalue weighted by atomic mass is 11.0. The lowest BCUT2D eigenvalue weighted by Crippen LogP contribution is -1.77. The van der Waals surface area contributed by atoms with Gasteiger partial charge in [-0.3, -0.25) is 10.2 Å². The summed E-state index contributed by atoms with van der Waals surface area (Å²) in [5.74, 6) is 3.07. The van der Waals surface area contributed by atoms with E-state index in [0.717, 1.165) is 28.1 Å². The molecular weight excluding hydrogens is 415 g/mol. The molecule has 0 bridgehead atoms. The Hall–Kier alpha value is 0.840. The van der Waals surface area contributed by atoms with Crippen molar-refractivity contribution in [3.8, 4) is 0 Å². The molecule has 0 saturated heterocycles. The Bertz CT molecular complexity index is 538. The van der Waals surface area contributed by atoms with Crippen molar-refractivity contribution >= 4 is 93.8 Å². The van der Waals surface area contributed by atoms with Gasteiger partial charge in [0.1, 0.15) is 0 Å². The average molecular weight is 426 g/mol. The van der Waals surface area contributed by atoms with Gasteiger partial charge in [0.2, 0.25) is 0 Å². The van der Waals surface area contributed by atoms with Gasteiger partial charge in [-0.25, -0.2) is 0 Å². The number of hydrogen-bond donors (Lipinski definition) is 2. The van der Waals surface area contributed by atoms with Crippen molar-refractivity contribution in [1.29, 1.82) is 0 Å². The minimum absolute atomic E-state index is 0.650. The van der Waals surface area contributed by atoms with Crippen molar-refractivity contribution in [3.05, 3.63) is 7.91 Å². The van der Waals surface area contributed by atoms with Crippen LogP contribution >= 0.6 is 93.8 Å². The van der Waals surface area contributed by atoms with Gasteiger partial charge in [-0.15, -0.1) is 23.2 Å². The van der Waals surface area contributed by atoms with Gasteiger partial charge in [0.25, 0.3) is 0 Å². The summed E-state index contributed by atoms with van der Waals surface area (Å²) in [5.41, 5.74) is 0. The fourth-order valence-electron chi connectivity index (χ4n) is 0.808. The van der Waals surface area contributed by atoms with Crippen LogP contribution < -0.4 is 0 Å². The van der Waals surface area contributed by atoms with E-state index < -0.39 is 0 Å². The number of nitrogens with zero attached hydrogens (tertiary/aromatic N) is 2. The Morgan fingerprint density at radius 2 is 1.30 bits per heavy atom. The molecule has 112 valence electrons. The standard InChI is InChI=1S/2C4H5ClN2S3/c2*5-1-2-9-4-7-6-3(8)10-4/h2*1-2H2,(H,6,8). The van der Waals surface area contributed by atoms with E-state index in [2.05, 4.69) is 20.4 Å². The fraction of sp³-hybridized carbons (Fsp3) is 0.500. The molecular formula is C8H10Cl2N4S6. The van der Waals surface area contributed by atoms with Crippen LogP contribution in [0.15, 0.2) is 8.68 Å². The van der Waals surface area contributed by atoms with Gasteiger partial charge in [-0.05, 0) is 24.4 Å². The topological polar surface area (TPSA) is 57.4 Å². The SMILES string of the molecule is S=c1[nH]nc(SCCCl)s1.S=c1[nH]nc(SCCCl)s1. The first-order valence-corrected chi connectivity index (χ1v) is 10.6. The summed E-state index contributed by atoms with van der Waals surface area (Å²) < 4.78 is 3.37. The lowest BCUT2D eigenvalue weighted by Gasteiger charge is -1.86. The summed E-state index contributed by atoms with van der Waals surface area (Å²) >= 11 is 26.8. The van der Waals surface area contributed by atoms with Crippen LogP contribution in [-0.4, -0.2) is 43.7 Å². The van der Waals surface area contributed by atoms with Gasteiger partial charge in [-0.2, -0.15) is 10.2 Å². The maximum atomic E-state index is 5.48. The van der Waals surface area contributed by atoms with E-state index in [-0.39, 0.29) is 0 Å². The Labute approximate surface area is 153 Å². The molecule has 0 unspecified atom stereocenters. The van der Waals surface area contributed by atoms with Gasteiger partial charge in [0, 0.05) is 23.3 Å². The third kappa shape index (κ3) is 8.32. The highest BCUT2D eigenvalue weighted by atomic mass is 35.5. The molecule has 12 heteroatoms. The third-order valence-electron chi connectivity index (χ3n) is 1.44. The van der Waals surface area contributed by atoms with Crippen LogP contribution in [0.25, 0.3) is 0 Å². The fourth-order valence-corrected chi connectivity index (χ4v) is 5.03. The van der Waals surface area contributed by atoms with Gasteiger partial charge in [0.05, 0.1) is 0 Å². The molecule has 0 fully saturated rings. The van der Waals surface area contributed by atoms with Crippen molar-refractivity contribution in [2.75, 3.05) is 23.3 Å². The number of halogens is 2. The first-order valence-electron chi connectivity index (χ1n) is 5.14.